The van der Waals surface area contributed by atoms with Gasteiger partial charge in [0, 0.05) is 37.7 Å². The van der Waals surface area contributed by atoms with Crippen LogP contribution in [-0.4, -0.2) is 46.2 Å². The maximum absolute atomic E-state index is 13.8. The van der Waals surface area contributed by atoms with Crippen molar-refractivity contribution in [2.45, 2.75) is 58.8 Å². The molecule has 0 unspecified atom stereocenters. The smallest absolute Gasteiger partial charge is 0.230 e. The zero-order valence-corrected chi connectivity index (χ0v) is 20.8. The number of aromatic nitrogens is 1. The van der Waals surface area contributed by atoms with Crippen LogP contribution < -0.4 is 0 Å². The number of nitrogens with zero attached hydrogens (tertiary/aromatic N) is 2. The molecule has 0 radical (unpaired) electrons. The zero-order valence-electron chi connectivity index (χ0n) is 20.8. The van der Waals surface area contributed by atoms with Crippen LogP contribution in [0.3, 0.4) is 0 Å². The molecule has 36 heavy (non-hydrogen) atoms. The lowest BCUT2D eigenvalue weighted by Crippen LogP contribution is -2.48. The van der Waals surface area contributed by atoms with Gasteiger partial charge in [0.15, 0.2) is 11.6 Å². The van der Waals surface area contributed by atoms with E-state index < -0.39 is 35.3 Å². The molecular weight excluding hydrogens is 459 g/mol. The number of aryl methyl sites for hydroxylation is 2. The number of piperidine rings is 1. The van der Waals surface area contributed by atoms with Gasteiger partial charge in [0.25, 0.3) is 0 Å². The van der Waals surface area contributed by atoms with Crippen LogP contribution in [0.5, 0.6) is 0 Å². The number of halogens is 1. The number of pyridine rings is 1. The molecule has 1 saturated carbocycles. The van der Waals surface area contributed by atoms with Crippen molar-refractivity contribution in [3.63, 3.8) is 0 Å². The number of carbonyl (C=O) groups is 4. The van der Waals surface area contributed by atoms with Gasteiger partial charge in [0.05, 0.1) is 6.42 Å². The summed E-state index contributed by atoms with van der Waals surface area (Å²) < 4.78 is 13.8. The van der Waals surface area contributed by atoms with Crippen molar-refractivity contribution in [3.8, 4) is 11.8 Å². The molecule has 0 atom stereocenters. The van der Waals surface area contributed by atoms with Gasteiger partial charge in [0.1, 0.15) is 23.2 Å². The summed E-state index contributed by atoms with van der Waals surface area (Å²) in [5.41, 5.74) is 2.64. The van der Waals surface area contributed by atoms with Crippen LogP contribution in [0.1, 0.15) is 77.7 Å². The third-order valence-electron chi connectivity index (χ3n) is 7.41. The SMILES string of the molecule is CC#Cc1cc(C)c(C2C(=O)CC3(CCN(C(=O)CC(=O)c4ncccc4F)CC3)CC2=O)c(C)c1. The Morgan fingerprint density at radius 1 is 1.11 bits per heavy atom. The second kappa shape index (κ2) is 10.1. The molecule has 1 aliphatic heterocycles. The Bertz CT molecular complexity index is 1270. The second-order valence-electron chi connectivity index (χ2n) is 9.93. The van der Waals surface area contributed by atoms with Gasteiger partial charge < -0.3 is 4.90 Å². The predicted octanol–water partition coefficient (Wildman–Crippen LogP) is 4.11. The Labute approximate surface area is 210 Å². The first-order chi connectivity index (χ1) is 17.1. The number of amides is 1. The van der Waals surface area contributed by atoms with Crippen molar-refractivity contribution >= 4 is 23.3 Å². The topological polar surface area (TPSA) is 84.4 Å². The Kier molecular flexibility index (Phi) is 7.16. The molecule has 4 rings (SSSR count). The van der Waals surface area contributed by atoms with E-state index in [-0.39, 0.29) is 17.3 Å². The highest BCUT2D eigenvalue weighted by Gasteiger charge is 2.47. The molecule has 1 aromatic heterocycles. The largest absolute Gasteiger partial charge is 0.342 e. The lowest BCUT2D eigenvalue weighted by molar-refractivity contribution is -0.140. The number of likely N-dealkylation sites (tertiary alicyclic amines) is 1. The highest BCUT2D eigenvalue weighted by atomic mass is 19.1. The van der Waals surface area contributed by atoms with Gasteiger partial charge in [-0.3, -0.25) is 24.2 Å². The van der Waals surface area contributed by atoms with Gasteiger partial charge in [-0.05, 0) is 80.0 Å². The maximum atomic E-state index is 13.8. The molecule has 7 heteroatoms. The number of hydrogen-bond donors (Lipinski definition) is 0. The van der Waals surface area contributed by atoms with Gasteiger partial charge in [-0.2, -0.15) is 0 Å². The molecule has 2 aromatic rings. The molecule has 186 valence electrons. The minimum atomic E-state index is -0.759. The van der Waals surface area contributed by atoms with Crippen LogP contribution in [0, 0.1) is 36.9 Å². The van der Waals surface area contributed by atoms with E-state index in [0.717, 1.165) is 28.3 Å². The normalized spacial score (nSPS) is 17.6. The second-order valence-corrected chi connectivity index (χ2v) is 9.93. The highest BCUT2D eigenvalue weighted by Crippen LogP contribution is 2.46. The molecule has 6 nitrogen and oxygen atoms in total. The van der Waals surface area contributed by atoms with Gasteiger partial charge in [0.2, 0.25) is 5.91 Å². The predicted molar refractivity (Wildman–Crippen MR) is 132 cm³/mol. The molecule has 1 amide bonds. The third kappa shape index (κ3) is 4.99. The van der Waals surface area contributed by atoms with Crippen molar-refractivity contribution in [3.05, 3.63) is 64.2 Å². The van der Waals surface area contributed by atoms with Gasteiger partial charge in [-0.1, -0.05) is 5.92 Å². The summed E-state index contributed by atoms with van der Waals surface area (Å²) in [6.07, 6.45) is 2.46. The lowest BCUT2D eigenvalue weighted by atomic mass is 9.62. The van der Waals surface area contributed by atoms with Crippen LogP contribution in [0.15, 0.2) is 30.5 Å². The summed E-state index contributed by atoms with van der Waals surface area (Å²) in [5, 5.41) is 0. The minimum absolute atomic E-state index is 0.0765. The van der Waals surface area contributed by atoms with E-state index in [1.165, 1.54) is 12.3 Å². The first-order valence-electron chi connectivity index (χ1n) is 12.1. The minimum Gasteiger partial charge on any atom is -0.342 e. The average molecular weight is 489 g/mol. The first-order valence-corrected chi connectivity index (χ1v) is 12.1. The van der Waals surface area contributed by atoms with E-state index in [0.29, 0.717) is 38.8 Å². The Morgan fingerprint density at radius 3 is 2.28 bits per heavy atom. The van der Waals surface area contributed by atoms with E-state index in [1.807, 2.05) is 26.0 Å². The molecule has 1 aromatic carbocycles. The van der Waals surface area contributed by atoms with Crippen LogP contribution in [0.2, 0.25) is 0 Å². The van der Waals surface area contributed by atoms with Gasteiger partial charge in [-0.15, -0.1) is 5.92 Å². The molecule has 1 aliphatic carbocycles. The molecule has 0 bridgehead atoms. The van der Waals surface area contributed by atoms with Crippen molar-refractivity contribution < 1.29 is 23.6 Å². The van der Waals surface area contributed by atoms with Crippen LogP contribution in [0.25, 0.3) is 0 Å². The monoisotopic (exact) mass is 488 g/mol. The highest BCUT2D eigenvalue weighted by molar-refractivity contribution is 6.11. The quantitative estimate of drug-likeness (QED) is 0.368. The van der Waals surface area contributed by atoms with Crippen molar-refractivity contribution in [2.75, 3.05) is 13.1 Å². The average Bonchev–Trinajstić information content (AvgIpc) is 2.81. The maximum Gasteiger partial charge on any atom is 0.230 e. The number of rotatable bonds is 4. The van der Waals surface area contributed by atoms with E-state index in [1.54, 1.807) is 11.8 Å². The summed E-state index contributed by atoms with van der Waals surface area (Å²) >= 11 is 0. The van der Waals surface area contributed by atoms with Crippen LogP contribution >= 0.6 is 0 Å². The lowest BCUT2D eigenvalue weighted by Gasteiger charge is -2.44. The molecule has 2 fully saturated rings. The molecular formula is C29H29FN2O4. The molecule has 1 spiro atoms. The van der Waals surface area contributed by atoms with E-state index >= 15 is 0 Å². The van der Waals surface area contributed by atoms with Gasteiger partial charge >= 0.3 is 0 Å². The van der Waals surface area contributed by atoms with E-state index in [9.17, 15) is 23.6 Å². The molecule has 1 saturated heterocycles. The van der Waals surface area contributed by atoms with Crippen molar-refractivity contribution in [2.24, 2.45) is 5.41 Å². The number of ketones is 3. The fourth-order valence-electron chi connectivity index (χ4n) is 5.66. The Balaban J connectivity index is 1.42. The standard InChI is InChI=1S/C29H29FN2O4/c1-4-6-20-13-18(2)26(19(3)14-20)27-23(34)16-29(17-24(27)35)8-11-32(12-9-29)25(36)15-22(33)28-21(30)7-5-10-31-28/h5,7,10,13-14,27H,8-9,11-12,15-17H2,1-3H3. The number of carbonyl (C=O) groups excluding carboxylic acids is 4. The number of Topliss-reactive ketones (excluding diaryl/α,β-unsaturated/α-hetero) is 3. The summed E-state index contributed by atoms with van der Waals surface area (Å²) in [4.78, 5) is 57.0. The van der Waals surface area contributed by atoms with Crippen LogP contribution in [-0.2, 0) is 14.4 Å². The third-order valence-corrected chi connectivity index (χ3v) is 7.41. The number of benzene rings is 1. The molecule has 2 aliphatic rings. The molecule has 2 heterocycles. The van der Waals surface area contributed by atoms with Crippen molar-refractivity contribution in [1.29, 1.82) is 0 Å². The fraction of sp³-hybridized carbons (Fsp3) is 0.414. The first kappa shape index (κ1) is 25.4. The summed E-state index contributed by atoms with van der Waals surface area (Å²) in [5.74, 6) is 3.19. The van der Waals surface area contributed by atoms with Crippen LogP contribution in [0.4, 0.5) is 4.39 Å². The zero-order chi connectivity index (χ0) is 26.0. The fourth-order valence-corrected chi connectivity index (χ4v) is 5.66. The molecule has 0 N–H and O–H groups in total. The number of hydrogen-bond acceptors (Lipinski definition) is 5. The van der Waals surface area contributed by atoms with E-state index in [2.05, 4.69) is 16.8 Å². The summed E-state index contributed by atoms with van der Waals surface area (Å²) in [6.45, 7) is 6.30. The van der Waals surface area contributed by atoms with Gasteiger partial charge in [-0.25, -0.2) is 4.39 Å². The van der Waals surface area contributed by atoms with E-state index in [4.69, 9.17) is 0 Å². The Morgan fingerprint density at radius 2 is 1.72 bits per heavy atom. The summed E-state index contributed by atoms with van der Waals surface area (Å²) in [6, 6.07) is 6.36. The summed E-state index contributed by atoms with van der Waals surface area (Å²) in [7, 11) is 0. The Hall–Kier alpha value is -3.66. The van der Waals surface area contributed by atoms with Crippen molar-refractivity contribution in [1.82, 2.24) is 9.88 Å².